The van der Waals surface area contributed by atoms with Crippen LogP contribution in [0.15, 0.2) is 42.5 Å². The van der Waals surface area contributed by atoms with E-state index in [0.717, 1.165) is 22.4 Å². The molecule has 5 nitrogen and oxygen atoms in total. The molecule has 144 valence electrons. The quantitative estimate of drug-likeness (QED) is 0.794. The summed E-state index contributed by atoms with van der Waals surface area (Å²) >= 11 is 0. The molecular formula is C20H23FN2O3S. The lowest BCUT2D eigenvalue weighted by atomic mass is 9.93. The molecule has 1 aliphatic heterocycles. The van der Waals surface area contributed by atoms with E-state index < -0.39 is 20.9 Å². The molecule has 1 amide bonds. The van der Waals surface area contributed by atoms with E-state index in [9.17, 15) is 13.2 Å². The fourth-order valence-corrected chi connectivity index (χ4v) is 3.83. The Labute approximate surface area is 159 Å². The maximum Gasteiger partial charge on any atom is 0.228 e. The molecule has 7 heteroatoms. The summed E-state index contributed by atoms with van der Waals surface area (Å²) < 4.78 is 41.1. The van der Waals surface area contributed by atoms with Crippen LogP contribution < -0.4 is 10.0 Å². The van der Waals surface area contributed by atoms with Gasteiger partial charge in [-0.15, -0.1) is 0 Å². The molecule has 1 unspecified atom stereocenters. The molecule has 1 aliphatic rings. The van der Waals surface area contributed by atoms with Crippen LogP contribution in [0.4, 0.5) is 10.1 Å². The second kappa shape index (κ2) is 7.05. The Hall–Kier alpha value is -2.25. The molecule has 0 radical (unpaired) electrons. The number of alkyl halides is 1. The lowest BCUT2D eigenvalue weighted by Gasteiger charge is -2.22. The van der Waals surface area contributed by atoms with E-state index in [1.807, 2.05) is 18.2 Å². The number of carbonyl (C=O) groups excluding carboxylic acids is 1. The van der Waals surface area contributed by atoms with E-state index in [4.69, 9.17) is 0 Å². The minimum atomic E-state index is -3.53. The van der Waals surface area contributed by atoms with Gasteiger partial charge in [-0.05, 0) is 49.1 Å². The fourth-order valence-electron chi connectivity index (χ4n) is 3.02. The van der Waals surface area contributed by atoms with E-state index >= 15 is 4.39 Å². The molecule has 3 rings (SSSR count). The molecule has 0 bridgehead atoms. The standard InChI is InChI=1S/C20H23FN2O3S/c1-13(2)27(25,26)22-12-20(3,21)15-9-7-14(8-10-15)16-5-4-6-18-17(16)11-19(24)23-18/h4-10,13,22H,11-12H2,1-3H3,(H,23,24). The number of nitrogens with one attached hydrogen (secondary N) is 2. The highest BCUT2D eigenvalue weighted by atomic mass is 32.2. The Bertz CT molecular complexity index is 967. The van der Waals surface area contributed by atoms with Crippen LogP contribution in [0, 0.1) is 0 Å². The van der Waals surface area contributed by atoms with Gasteiger partial charge in [-0.25, -0.2) is 17.5 Å². The van der Waals surface area contributed by atoms with Crippen molar-refractivity contribution < 1.29 is 17.6 Å². The smallest absolute Gasteiger partial charge is 0.228 e. The Balaban J connectivity index is 1.82. The van der Waals surface area contributed by atoms with Crippen molar-refractivity contribution in [3.05, 3.63) is 53.6 Å². The second-order valence-corrected chi connectivity index (χ2v) is 9.57. The van der Waals surface area contributed by atoms with Crippen LogP contribution in [0.25, 0.3) is 11.1 Å². The first-order chi connectivity index (χ1) is 12.6. The zero-order valence-electron chi connectivity index (χ0n) is 15.5. The summed E-state index contributed by atoms with van der Waals surface area (Å²) in [6, 6.07) is 12.6. The van der Waals surface area contributed by atoms with Gasteiger partial charge in [-0.1, -0.05) is 36.4 Å². The number of benzene rings is 2. The number of hydrogen-bond donors (Lipinski definition) is 2. The van der Waals surface area contributed by atoms with Crippen LogP contribution in [0.3, 0.4) is 0 Å². The molecule has 0 spiro atoms. The highest BCUT2D eigenvalue weighted by molar-refractivity contribution is 7.90. The van der Waals surface area contributed by atoms with Gasteiger partial charge in [0, 0.05) is 12.2 Å². The number of sulfonamides is 1. The molecule has 27 heavy (non-hydrogen) atoms. The summed E-state index contributed by atoms with van der Waals surface area (Å²) in [6.45, 7) is 4.12. The summed E-state index contributed by atoms with van der Waals surface area (Å²) in [6.07, 6.45) is 0.324. The highest BCUT2D eigenvalue weighted by Gasteiger charge is 2.29. The normalized spacial score (nSPS) is 16.1. The summed E-state index contributed by atoms with van der Waals surface area (Å²) in [5, 5.41) is 2.20. The monoisotopic (exact) mass is 390 g/mol. The second-order valence-electron chi connectivity index (χ2n) is 7.25. The summed E-state index contributed by atoms with van der Waals surface area (Å²) in [5.41, 5.74) is 2.10. The number of halogens is 1. The first kappa shape index (κ1) is 19.5. The first-order valence-corrected chi connectivity index (χ1v) is 10.3. The van der Waals surface area contributed by atoms with Crippen LogP contribution in [-0.4, -0.2) is 26.1 Å². The minimum absolute atomic E-state index is 0.0390. The molecule has 2 N–H and O–H groups in total. The van der Waals surface area contributed by atoms with E-state index in [1.165, 1.54) is 6.92 Å². The summed E-state index contributed by atoms with van der Waals surface area (Å²) in [5.74, 6) is -0.0390. The van der Waals surface area contributed by atoms with Gasteiger partial charge in [0.1, 0.15) is 5.67 Å². The Morgan fingerprint density at radius 2 is 1.85 bits per heavy atom. The van der Waals surface area contributed by atoms with E-state index in [-0.39, 0.29) is 12.5 Å². The first-order valence-electron chi connectivity index (χ1n) is 8.80. The van der Waals surface area contributed by atoms with Crippen molar-refractivity contribution in [3.8, 4) is 11.1 Å². The summed E-state index contributed by atoms with van der Waals surface area (Å²) in [4.78, 5) is 11.7. The molecule has 0 saturated heterocycles. The van der Waals surface area contributed by atoms with E-state index in [0.29, 0.717) is 12.0 Å². The van der Waals surface area contributed by atoms with Crippen LogP contribution in [-0.2, 0) is 26.9 Å². The lowest BCUT2D eigenvalue weighted by molar-refractivity contribution is -0.115. The average Bonchev–Trinajstić information content (AvgIpc) is 3.00. The molecule has 0 aliphatic carbocycles. The van der Waals surface area contributed by atoms with E-state index in [1.54, 1.807) is 38.1 Å². The Kier molecular flexibility index (Phi) is 5.10. The summed E-state index contributed by atoms with van der Waals surface area (Å²) in [7, 11) is -3.53. The third kappa shape index (κ3) is 4.04. The van der Waals surface area contributed by atoms with Gasteiger partial charge >= 0.3 is 0 Å². The number of fused-ring (bicyclic) bond motifs is 1. The third-order valence-electron chi connectivity index (χ3n) is 4.81. The average molecular weight is 390 g/mol. The van der Waals surface area contributed by atoms with Gasteiger partial charge in [0.25, 0.3) is 0 Å². The highest BCUT2D eigenvalue weighted by Crippen LogP contribution is 2.34. The van der Waals surface area contributed by atoms with Gasteiger partial charge in [0.2, 0.25) is 15.9 Å². The van der Waals surface area contributed by atoms with Crippen LogP contribution >= 0.6 is 0 Å². The Morgan fingerprint density at radius 3 is 2.48 bits per heavy atom. The molecule has 0 fully saturated rings. The molecule has 2 aromatic carbocycles. The van der Waals surface area contributed by atoms with Gasteiger partial charge in [-0.3, -0.25) is 4.79 Å². The fraction of sp³-hybridized carbons (Fsp3) is 0.350. The molecule has 1 heterocycles. The van der Waals surface area contributed by atoms with Gasteiger partial charge < -0.3 is 5.32 Å². The van der Waals surface area contributed by atoms with E-state index in [2.05, 4.69) is 10.0 Å². The maximum atomic E-state index is 15.0. The van der Waals surface area contributed by atoms with Crippen LogP contribution in [0.1, 0.15) is 31.9 Å². The van der Waals surface area contributed by atoms with Crippen molar-refractivity contribution >= 4 is 21.6 Å². The largest absolute Gasteiger partial charge is 0.326 e. The van der Waals surface area contributed by atoms with Crippen molar-refractivity contribution in [2.24, 2.45) is 0 Å². The molecule has 0 saturated carbocycles. The van der Waals surface area contributed by atoms with Gasteiger partial charge in [-0.2, -0.15) is 0 Å². The Morgan fingerprint density at radius 1 is 1.19 bits per heavy atom. The van der Waals surface area contributed by atoms with Crippen LogP contribution in [0.5, 0.6) is 0 Å². The number of amides is 1. The molecule has 1 atom stereocenters. The number of rotatable bonds is 6. The topological polar surface area (TPSA) is 75.3 Å². The zero-order chi connectivity index (χ0) is 19.8. The van der Waals surface area contributed by atoms with Crippen molar-refractivity contribution in [1.82, 2.24) is 4.72 Å². The molecule has 0 aromatic heterocycles. The molecule has 2 aromatic rings. The van der Waals surface area contributed by atoms with Gasteiger partial charge in [0.05, 0.1) is 11.7 Å². The van der Waals surface area contributed by atoms with Gasteiger partial charge in [0.15, 0.2) is 0 Å². The van der Waals surface area contributed by atoms with Crippen molar-refractivity contribution in [1.29, 1.82) is 0 Å². The third-order valence-corrected chi connectivity index (χ3v) is 6.60. The molecular weight excluding hydrogens is 367 g/mol. The van der Waals surface area contributed by atoms with Crippen LogP contribution in [0.2, 0.25) is 0 Å². The predicted molar refractivity (Wildman–Crippen MR) is 105 cm³/mol. The predicted octanol–water partition coefficient (Wildman–Crippen LogP) is 3.36. The van der Waals surface area contributed by atoms with Crippen molar-refractivity contribution in [2.45, 2.75) is 38.1 Å². The lowest BCUT2D eigenvalue weighted by Crippen LogP contribution is -2.39. The SMILES string of the molecule is CC(C)S(=O)(=O)NCC(C)(F)c1ccc(-c2cccc3c2CC(=O)N3)cc1. The van der Waals surface area contributed by atoms with Crippen molar-refractivity contribution in [2.75, 3.05) is 11.9 Å². The maximum absolute atomic E-state index is 15.0. The number of carbonyl (C=O) groups is 1. The van der Waals surface area contributed by atoms with Crippen molar-refractivity contribution in [3.63, 3.8) is 0 Å². The number of hydrogen-bond acceptors (Lipinski definition) is 3. The minimum Gasteiger partial charge on any atom is -0.326 e. The zero-order valence-corrected chi connectivity index (χ0v) is 16.4. The number of anilines is 1.